The van der Waals surface area contributed by atoms with Crippen LogP contribution in [0.1, 0.15) is 31.5 Å². The molecule has 2 nitrogen and oxygen atoms in total. The van der Waals surface area contributed by atoms with Gasteiger partial charge in [-0.05, 0) is 36.6 Å². The predicted molar refractivity (Wildman–Crippen MR) is 74.7 cm³/mol. The molecule has 0 unspecified atom stereocenters. The Bertz CT molecular complexity index is 518. The highest BCUT2D eigenvalue weighted by Crippen LogP contribution is 2.24. The number of aryl methyl sites for hydroxylation is 2. The number of aromatic nitrogens is 1. The van der Waals surface area contributed by atoms with Gasteiger partial charge in [0.2, 0.25) is 0 Å². The van der Waals surface area contributed by atoms with Gasteiger partial charge in [0.25, 0.3) is 0 Å². The Morgan fingerprint density at radius 3 is 2.65 bits per heavy atom. The van der Waals surface area contributed by atoms with Crippen LogP contribution in [-0.4, -0.2) is 12.0 Å². The van der Waals surface area contributed by atoms with Crippen LogP contribution in [0.4, 0.5) is 5.69 Å². The summed E-state index contributed by atoms with van der Waals surface area (Å²) < 4.78 is 0. The van der Waals surface area contributed by atoms with Gasteiger partial charge in [0, 0.05) is 23.8 Å². The van der Waals surface area contributed by atoms with E-state index in [1.54, 1.807) is 0 Å². The minimum Gasteiger partial charge on any atom is -0.388 e. The molecular formula is C15H20N2. The molecule has 2 rings (SSSR count). The number of nitrogens with zero attached hydrogens (tertiary/aromatic N) is 1. The molecule has 1 aromatic carbocycles. The van der Waals surface area contributed by atoms with Crippen molar-refractivity contribution in [3.05, 3.63) is 35.5 Å². The minimum absolute atomic E-state index is 1.04. The van der Waals surface area contributed by atoms with E-state index in [0.29, 0.717) is 0 Å². The second-order valence-electron chi connectivity index (χ2n) is 4.37. The maximum atomic E-state index is 4.71. The SMILES string of the molecule is CCCc1cc(NC)c2cc(CC)ccc2n1. The first-order valence-electron chi connectivity index (χ1n) is 6.38. The predicted octanol–water partition coefficient (Wildman–Crippen LogP) is 3.79. The van der Waals surface area contributed by atoms with Gasteiger partial charge >= 0.3 is 0 Å². The number of nitrogens with one attached hydrogen (secondary N) is 1. The van der Waals surface area contributed by atoms with Crippen molar-refractivity contribution in [2.24, 2.45) is 0 Å². The molecular weight excluding hydrogens is 208 g/mol. The molecule has 0 saturated carbocycles. The van der Waals surface area contributed by atoms with Gasteiger partial charge in [-0.25, -0.2) is 0 Å². The zero-order valence-corrected chi connectivity index (χ0v) is 10.9. The summed E-state index contributed by atoms with van der Waals surface area (Å²) in [5.41, 5.74) is 4.82. The van der Waals surface area contributed by atoms with E-state index in [-0.39, 0.29) is 0 Å². The molecule has 1 heterocycles. The van der Waals surface area contributed by atoms with Gasteiger partial charge < -0.3 is 5.32 Å². The lowest BCUT2D eigenvalue weighted by atomic mass is 10.1. The molecule has 1 aromatic heterocycles. The molecule has 0 bridgehead atoms. The Labute approximate surface area is 103 Å². The topological polar surface area (TPSA) is 24.9 Å². The molecule has 0 fully saturated rings. The highest BCUT2D eigenvalue weighted by atomic mass is 14.8. The lowest BCUT2D eigenvalue weighted by Gasteiger charge is -2.10. The minimum atomic E-state index is 1.04. The van der Waals surface area contributed by atoms with Crippen molar-refractivity contribution in [1.29, 1.82) is 0 Å². The molecule has 0 amide bonds. The summed E-state index contributed by atoms with van der Waals surface area (Å²) in [6.45, 7) is 4.37. The van der Waals surface area contributed by atoms with Crippen LogP contribution in [0.25, 0.3) is 10.9 Å². The summed E-state index contributed by atoms with van der Waals surface area (Å²) in [6, 6.07) is 8.72. The monoisotopic (exact) mass is 228 g/mol. The third-order valence-corrected chi connectivity index (χ3v) is 3.11. The quantitative estimate of drug-likeness (QED) is 0.861. The van der Waals surface area contributed by atoms with Crippen molar-refractivity contribution in [1.82, 2.24) is 4.98 Å². The van der Waals surface area contributed by atoms with Gasteiger partial charge in [0.1, 0.15) is 0 Å². The summed E-state index contributed by atoms with van der Waals surface area (Å²) in [6.07, 6.45) is 3.24. The fourth-order valence-corrected chi connectivity index (χ4v) is 2.14. The maximum Gasteiger partial charge on any atom is 0.0726 e. The second kappa shape index (κ2) is 5.17. The smallest absolute Gasteiger partial charge is 0.0726 e. The van der Waals surface area contributed by atoms with Crippen LogP contribution in [0, 0.1) is 0 Å². The summed E-state index contributed by atoms with van der Waals surface area (Å²) in [5, 5.41) is 4.51. The molecule has 0 spiro atoms. The van der Waals surface area contributed by atoms with Gasteiger partial charge in [-0.2, -0.15) is 0 Å². The number of rotatable bonds is 4. The van der Waals surface area contributed by atoms with E-state index in [1.807, 2.05) is 7.05 Å². The van der Waals surface area contributed by atoms with Crippen molar-refractivity contribution >= 4 is 16.6 Å². The fourth-order valence-electron chi connectivity index (χ4n) is 2.14. The van der Waals surface area contributed by atoms with Crippen LogP contribution in [0.2, 0.25) is 0 Å². The lowest BCUT2D eigenvalue weighted by molar-refractivity contribution is 0.890. The van der Waals surface area contributed by atoms with E-state index in [9.17, 15) is 0 Å². The van der Waals surface area contributed by atoms with Crippen molar-refractivity contribution < 1.29 is 0 Å². The molecule has 0 radical (unpaired) electrons. The molecule has 0 aliphatic heterocycles. The van der Waals surface area contributed by atoms with Gasteiger partial charge in [0.05, 0.1) is 5.52 Å². The molecule has 17 heavy (non-hydrogen) atoms. The molecule has 0 aliphatic carbocycles. The molecule has 0 aliphatic rings. The summed E-state index contributed by atoms with van der Waals surface area (Å²) in [7, 11) is 1.98. The third-order valence-electron chi connectivity index (χ3n) is 3.11. The average Bonchev–Trinajstić information content (AvgIpc) is 2.37. The fraction of sp³-hybridized carbons (Fsp3) is 0.400. The molecule has 1 N–H and O–H groups in total. The van der Waals surface area contributed by atoms with Crippen LogP contribution in [-0.2, 0) is 12.8 Å². The number of anilines is 1. The maximum absolute atomic E-state index is 4.71. The summed E-state index contributed by atoms with van der Waals surface area (Å²) in [5.74, 6) is 0. The Kier molecular flexibility index (Phi) is 3.62. The highest BCUT2D eigenvalue weighted by molar-refractivity contribution is 5.91. The zero-order chi connectivity index (χ0) is 12.3. The largest absolute Gasteiger partial charge is 0.388 e. The van der Waals surface area contributed by atoms with E-state index in [2.05, 4.69) is 43.4 Å². The molecule has 90 valence electrons. The van der Waals surface area contributed by atoms with Crippen LogP contribution >= 0.6 is 0 Å². The molecule has 0 saturated heterocycles. The van der Waals surface area contributed by atoms with Crippen LogP contribution < -0.4 is 5.32 Å². The van der Waals surface area contributed by atoms with E-state index in [1.165, 1.54) is 22.3 Å². The number of pyridine rings is 1. The van der Waals surface area contributed by atoms with Crippen LogP contribution in [0.15, 0.2) is 24.3 Å². The molecule has 2 heteroatoms. The van der Waals surface area contributed by atoms with Gasteiger partial charge in [-0.15, -0.1) is 0 Å². The first-order valence-corrected chi connectivity index (χ1v) is 6.38. The Balaban J connectivity index is 2.60. The lowest BCUT2D eigenvalue weighted by Crippen LogP contribution is -1.97. The van der Waals surface area contributed by atoms with Crippen LogP contribution in [0.5, 0.6) is 0 Å². The van der Waals surface area contributed by atoms with Gasteiger partial charge in [-0.3, -0.25) is 4.98 Å². The molecule has 2 aromatic rings. The van der Waals surface area contributed by atoms with E-state index in [4.69, 9.17) is 4.98 Å². The van der Waals surface area contributed by atoms with Crippen molar-refractivity contribution in [3.63, 3.8) is 0 Å². The Morgan fingerprint density at radius 2 is 2.00 bits per heavy atom. The normalized spacial score (nSPS) is 10.8. The number of hydrogen-bond acceptors (Lipinski definition) is 2. The standard InChI is InChI=1S/C15H20N2/c1-4-6-12-10-15(16-3)13-9-11(5-2)7-8-14(13)17-12/h7-10H,4-6H2,1-3H3,(H,16,17). The van der Waals surface area contributed by atoms with Crippen LogP contribution in [0.3, 0.4) is 0 Å². The Morgan fingerprint density at radius 1 is 1.18 bits per heavy atom. The average molecular weight is 228 g/mol. The van der Waals surface area contributed by atoms with E-state index >= 15 is 0 Å². The summed E-state index contributed by atoms with van der Waals surface area (Å²) >= 11 is 0. The second-order valence-corrected chi connectivity index (χ2v) is 4.37. The Hall–Kier alpha value is -1.57. The van der Waals surface area contributed by atoms with E-state index in [0.717, 1.165) is 24.8 Å². The third kappa shape index (κ3) is 2.41. The number of hydrogen-bond donors (Lipinski definition) is 1. The van der Waals surface area contributed by atoms with Gasteiger partial charge in [0.15, 0.2) is 0 Å². The summed E-state index contributed by atoms with van der Waals surface area (Å²) in [4.78, 5) is 4.71. The zero-order valence-electron chi connectivity index (χ0n) is 10.9. The van der Waals surface area contributed by atoms with Crippen molar-refractivity contribution in [2.45, 2.75) is 33.1 Å². The first-order chi connectivity index (χ1) is 8.28. The van der Waals surface area contributed by atoms with E-state index < -0.39 is 0 Å². The first kappa shape index (κ1) is 11.9. The number of fused-ring (bicyclic) bond motifs is 1. The highest BCUT2D eigenvalue weighted by Gasteiger charge is 2.05. The van der Waals surface area contributed by atoms with Gasteiger partial charge in [-0.1, -0.05) is 26.3 Å². The van der Waals surface area contributed by atoms with Crippen molar-refractivity contribution in [3.8, 4) is 0 Å². The van der Waals surface area contributed by atoms with Crippen molar-refractivity contribution in [2.75, 3.05) is 12.4 Å². The molecule has 0 atom stereocenters. The number of benzene rings is 1.